The second-order valence-electron chi connectivity index (χ2n) is 6.94. The largest absolute Gasteiger partial charge is 0.382 e. The van der Waals surface area contributed by atoms with Crippen molar-refractivity contribution in [1.29, 1.82) is 0 Å². The van der Waals surface area contributed by atoms with Crippen LogP contribution in [0.1, 0.15) is 34.0 Å². The number of nitrogens with one attached hydrogen (secondary N) is 1. The molecule has 1 atom stereocenters. The maximum atomic E-state index is 13.8. The third-order valence-electron chi connectivity index (χ3n) is 5.09. The van der Waals surface area contributed by atoms with Crippen LogP contribution in [0.5, 0.6) is 0 Å². The van der Waals surface area contributed by atoms with Crippen LogP contribution in [0.4, 0.5) is 15.9 Å². The first kappa shape index (κ1) is 18.6. The number of nitrogen functional groups attached to an aromatic ring is 1. The number of rotatable bonds is 2. The number of nitrogens with two attached hydrogens (primary N) is 1. The maximum Gasteiger partial charge on any atom is 0.255 e. The van der Waals surface area contributed by atoms with Gasteiger partial charge in [0.15, 0.2) is 0 Å². The van der Waals surface area contributed by atoms with Crippen molar-refractivity contribution in [2.24, 2.45) is 0 Å². The van der Waals surface area contributed by atoms with Crippen LogP contribution in [0.25, 0.3) is 0 Å². The Morgan fingerprint density at radius 1 is 1.39 bits per heavy atom. The van der Waals surface area contributed by atoms with Crippen molar-refractivity contribution < 1.29 is 22.4 Å². The summed E-state index contributed by atoms with van der Waals surface area (Å²) >= 11 is 0. The highest BCUT2D eigenvalue weighted by Crippen LogP contribution is 2.35. The Balaban J connectivity index is 1.77. The summed E-state index contributed by atoms with van der Waals surface area (Å²) < 4.78 is 39.9. The minimum absolute atomic E-state index is 0.0426. The lowest BCUT2D eigenvalue weighted by Gasteiger charge is -2.27. The molecule has 0 saturated heterocycles. The summed E-state index contributed by atoms with van der Waals surface area (Å²) in [5.41, 5.74) is 7.65. The number of sulfonamides is 1. The van der Waals surface area contributed by atoms with Crippen LogP contribution in [0.2, 0.25) is 0 Å². The third-order valence-corrected chi connectivity index (χ3v) is 6.34. The second kappa shape index (κ2) is 6.38. The van der Waals surface area contributed by atoms with Gasteiger partial charge in [-0.15, -0.1) is 5.10 Å². The number of halogens is 1. The molecule has 3 N–H and O–H groups in total. The minimum atomic E-state index is -3.46. The van der Waals surface area contributed by atoms with Crippen LogP contribution in [0, 0.1) is 5.82 Å². The van der Waals surface area contributed by atoms with E-state index in [4.69, 9.17) is 5.73 Å². The molecule has 0 fully saturated rings. The predicted octanol–water partition coefficient (Wildman–Crippen LogP) is 0.688. The van der Waals surface area contributed by atoms with Crippen molar-refractivity contribution in [3.8, 4) is 0 Å². The molecule has 1 aromatic carbocycles. The standard InChI is InChI=1S/C17H18FN5O4S/c1-28(26,27)22-5-4-10-14(8-22)23(21-16(10)19)17(25)12-7-15(24)20-13-3-2-9(18)6-11(12)13/h2-3,6,12H,4-5,7-8H2,1H3,(H2,19,21)(H,20,24). The maximum absolute atomic E-state index is 13.8. The summed E-state index contributed by atoms with van der Waals surface area (Å²) in [5.74, 6) is -2.25. The molecule has 4 rings (SSSR count). The van der Waals surface area contributed by atoms with Crippen molar-refractivity contribution in [1.82, 2.24) is 14.1 Å². The Hall–Kier alpha value is -2.79. The summed E-state index contributed by atoms with van der Waals surface area (Å²) in [6.07, 6.45) is 1.26. The Bertz CT molecular complexity index is 1110. The van der Waals surface area contributed by atoms with Gasteiger partial charge < -0.3 is 11.1 Å². The average Bonchev–Trinajstić information content (AvgIpc) is 2.96. The number of carbonyl (C=O) groups excluding carboxylic acids is 2. The molecule has 0 spiro atoms. The van der Waals surface area contributed by atoms with E-state index in [0.717, 1.165) is 10.9 Å². The van der Waals surface area contributed by atoms with Crippen molar-refractivity contribution >= 4 is 33.3 Å². The molecule has 0 radical (unpaired) electrons. The molecular weight excluding hydrogens is 389 g/mol. The number of fused-ring (bicyclic) bond motifs is 2. The molecule has 1 aromatic heterocycles. The van der Waals surface area contributed by atoms with Gasteiger partial charge in [0.1, 0.15) is 11.6 Å². The molecule has 1 unspecified atom stereocenters. The fraction of sp³-hybridized carbons (Fsp3) is 0.353. The van der Waals surface area contributed by atoms with Crippen LogP contribution in [-0.4, -0.2) is 47.1 Å². The molecule has 9 nitrogen and oxygen atoms in total. The Morgan fingerprint density at radius 3 is 2.86 bits per heavy atom. The molecule has 1 amide bonds. The normalized spacial score (nSPS) is 19.6. The van der Waals surface area contributed by atoms with Gasteiger partial charge in [0.05, 0.1) is 24.4 Å². The molecule has 2 aliphatic heterocycles. The van der Waals surface area contributed by atoms with E-state index in [1.165, 1.54) is 22.5 Å². The molecule has 2 aliphatic rings. The van der Waals surface area contributed by atoms with Gasteiger partial charge in [0, 0.05) is 24.2 Å². The Kier molecular flexibility index (Phi) is 4.23. The van der Waals surface area contributed by atoms with Gasteiger partial charge in [-0.2, -0.15) is 4.31 Å². The number of carbonyl (C=O) groups is 2. The van der Waals surface area contributed by atoms with E-state index in [0.29, 0.717) is 28.9 Å². The lowest BCUT2D eigenvalue weighted by molar-refractivity contribution is -0.116. The average molecular weight is 407 g/mol. The van der Waals surface area contributed by atoms with Crippen molar-refractivity contribution in [2.45, 2.75) is 25.3 Å². The van der Waals surface area contributed by atoms with Crippen LogP contribution in [0.15, 0.2) is 18.2 Å². The zero-order valence-electron chi connectivity index (χ0n) is 15.0. The fourth-order valence-corrected chi connectivity index (χ4v) is 4.47. The minimum Gasteiger partial charge on any atom is -0.382 e. The Morgan fingerprint density at radius 2 is 2.14 bits per heavy atom. The summed E-state index contributed by atoms with van der Waals surface area (Å²) in [6.45, 7) is 0.203. The van der Waals surface area contributed by atoms with Crippen LogP contribution >= 0.6 is 0 Å². The van der Waals surface area contributed by atoms with Gasteiger partial charge in [-0.05, 0) is 30.2 Å². The predicted molar refractivity (Wildman–Crippen MR) is 98.6 cm³/mol. The number of hydrogen-bond donors (Lipinski definition) is 2. The van der Waals surface area contributed by atoms with Gasteiger partial charge in [-0.3, -0.25) is 9.59 Å². The topological polar surface area (TPSA) is 127 Å². The third kappa shape index (κ3) is 3.06. The number of anilines is 2. The highest BCUT2D eigenvalue weighted by Gasteiger charge is 2.36. The first-order chi connectivity index (χ1) is 13.1. The number of aromatic nitrogens is 2. The number of amides is 1. The first-order valence-electron chi connectivity index (χ1n) is 8.60. The van der Waals surface area contributed by atoms with E-state index in [1.807, 2.05) is 0 Å². The summed E-state index contributed by atoms with van der Waals surface area (Å²) in [6, 6.07) is 3.81. The highest BCUT2D eigenvalue weighted by atomic mass is 32.2. The Labute approximate surface area is 160 Å². The number of nitrogens with zero attached hydrogens (tertiary/aromatic N) is 3. The van der Waals surface area contributed by atoms with Gasteiger partial charge in [-0.1, -0.05) is 0 Å². The van der Waals surface area contributed by atoms with E-state index in [-0.39, 0.29) is 31.2 Å². The SMILES string of the molecule is CS(=O)(=O)N1CCc2c(N)nn(C(=O)C3CC(=O)Nc4ccc(F)cc43)c2C1. The first-order valence-corrected chi connectivity index (χ1v) is 10.4. The van der Waals surface area contributed by atoms with E-state index >= 15 is 0 Å². The van der Waals surface area contributed by atoms with E-state index < -0.39 is 27.7 Å². The molecule has 11 heteroatoms. The summed E-state index contributed by atoms with van der Waals surface area (Å²) in [4.78, 5) is 25.3. The van der Waals surface area contributed by atoms with Crippen LogP contribution in [0.3, 0.4) is 0 Å². The quantitative estimate of drug-likeness (QED) is 0.754. The van der Waals surface area contributed by atoms with Crippen molar-refractivity contribution in [3.63, 3.8) is 0 Å². The zero-order chi connectivity index (χ0) is 20.2. The van der Waals surface area contributed by atoms with Gasteiger partial charge in [-0.25, -0.2) is 17.5 Å². The van der Waals surface area contributed by atoms with Crippen LogP contribution in [-0.2, 0) is 27.8 Å². The lowest BCUT2D eigenvalue weighted by atomic mass is 9.89. The van der Waals surface area contributed by atoms with Crippen molar-refractivity contribution in [3.05, 3.63) is 40.8 Å². The number of benzene rings is 1. The molecule has 0 saturated carbocycles. The second-order valence-corrected chi connectivity index (χ2v) is 8.93. The number of hydrogen-bond acceptors (Lipinski definition) is 6. The van der Waals surface area contributed by atoms with Crippen molar-refractivity contribution in [2.75, 3.05) is 23.9 Å². The van der Waals surface area contributed by atoms with E-state index in [2.05, 4.69) is 10.4 Å². The smallest absolute Gasteiger partial charge is 0.255 e. The van der Waals surface area contributed by atoms with Gasteiger partial charge in [0.2, 0.25) is 15.9 Å². The zero-order valence-corrected chi connectivity index (χ0v) is 15.8. The molecule has 2 aromatic rings. The molecule has 28 heavy (non-hydrogen) atoms. The molecule has 3 heterocycles. The van der Waals surface area contributed by atoms with Gasteiger partial charge in [0.25, 0.3) is 5.91 Å². The fourth-order valence-electron chi connectivity index (χ4n) is 3.69. The molecule has 0 bridgehead atoms. The van der Waals surface area contributed by atoms with E-state index in [1.54, 1.807) is 0 Å². The molecule has 0 aliphatic carbocycles. The summed E-state index contributed by atoms with van der Waals surface area (Å²) in [7, 11) is -3.46. The monoisotopic (exact) mass is 407 g/mol. The molecule has 148 valence electrons. The lowest BCUT2D eigenvalue weighted by Crippen LogP contribution is -2.38. The summed E-state index contributed by atoms with van der Waals surface area (Å²) in [5, 5.41) is 6.72. The molecular formula is C17H18FN5O4S. The highest BCUT2D eigenvalue weighted by molar-refractivity contribution is 7.88. The van der Waals surface area contributed by atoms with Crippen LogP contribution < -0.4 is 11.1 Å². The van der Waals surface area contributed by atoms with E-state index in [9.17, 15) is 22.4 Å². The van der Waals surface area contributed by atoms with Gasteiger partial charge >= 0.3 is 0 Å².